The first-order valence-corrected chi connectivity index (χ1v) is 7.27. The van der Waals surface area contributed by atoms with Crippen LogP contribution in [0.5, 0.6) is 0 Å². The molecule has 2 nitrogen and oxygen atoms in total. The van der Waals surface area contributed by atoms with Gasteiger partial charge in [0, 0.05) is 9.58 Å². The molecule has 2 aromatic rings. The lowest BCUT2D eigenvalue weighted by Crippen LogP contribution is -2.23. The smallest absolute Gasteiger partial charge is 0.309 e. The number of benzene rings is 1. The van der Waals surface area contributed by atoms with Crippen LogP contribution < -0.4 is 0 Å². The lowest BCUT2D eigenvalue weighted by atomic mass is 9.87. The number of carbonyl (C=O) groups excluding carboxylic acids is 1. The first-order chi connectivity index (χ1) is 8.79. The second kappa shape index (κ2) is 4.73. The molecule has 1 heterocycles. The Kier molecular flexibility index (Phi) is 3.08. The zero-order chi connectivity index (χ0) is 12.5. The molecule has 3 rings (SSSR count). The van der Waals surface area contributed by atoms with E-state index < -0.39 is 0 Å². The van der Waals surface area contributed by atoms with Gasteiger partial charge in [-0.25, -0.2) is 0 Å². The monoisotopic (exact) mass is 260 g/mol. The minimum Gasteiger partial charge on any atom is -0.466 e. The molecule has 18 heavy (non-hydrogen) atoms. The Morgan fingerprint density at radius 2 is 2.28 bits per heavy atom. The maximum absolute atomic E-state index is 11.8. The van der Waals surface area contributed by atoms with Gasteiger partial charge >= 0.3 is 5.97 Å². The van der Waals surface area contributed by atoms with E-state index >= 15 is 0 Å². The molecule has 0 unspecified atom stereocenters. The van der Waals surface area contributed by atoms with E-state index in [9.17, 15) is 4.79 Å². The fourth-order valence-electron chi connectivity index (χ4n) is 2.69. The van der Waals surface area contributed by atoms with E-state index in [2.05, 4.69) is 24.3 Å². The summed E-state index contributed by atoms with van der Waals surface area (Å²) in [5.74, 6) is 0.0334. The molecule has 0 N–H and O–H groups in total. The maximum atomic E-state index is 11.8. The number of carbonyl (C=O) groups is 1. The first-order valence-electron chi connectivity index (χ1n) is 6.45. The van der Waals surface area contributed by atoms with Crippen LogP contribution in [0.4, 0.5) is 0 Å². The van der Waals surface area contributed by atoms with Gasteiger partial charge in [-0.15, -0.1) is 11.3 Å². The van der Waals surface area contributed by atoms with E-state index in [1.807, 2.05) is 18.3 Å². The number of hydrogen-bond acceptors (Lipinski definition) is 3. The Hall–Kier alpha value is -1.35. The van der Waals surface area contributed by atoms with Gasteiger partial charge in [-0.05, 0) is 43.2 Å². The molecular formula is C15H16O2S. The van der Waals surface area contributed by atoms with Gasteiger partial charge in [0.1, 0.15) is 0 Å². The van der Waals surface area contributed by atoms with Gasteiger partial charge in [-0.1, -0.05) is 18.2 Å². The zero-order valence-corrected chi connectivity index (χ0v) is 11.3. The number of ether oxygens (including phenoxy) is 1. The highest BCUT2D eigenvalue weighted by molar-refractivity contribution is 7.19. The summed E-state index contributed by atoms with van der Waals surface area (Å²) in [6, 6.07) is 8.52. The summed E-state index contributed by atoms with van der Waals surface area (Å²) >= 11 is 1.83. The highest BCUT2D eigenvalue weighted by Crippen LogP contribution is 2.38. The summed E-state index contributed by atoms with van der Waals surface area (Å²) in [6.45, 7) is 2.35. The van der Waals surface area contributed by atoms with Crippen LogP contribution in [0, 0.1) is 5.92 Å². The van der Waals surface area contributed by atoms with Crippen molar-refractivity contribution >= 4 is 27.4 Å². The Labute approximate surface area is 111 Å². The molecule has 0 spiro atoms. The van der Waals surface area contributed by atoms with Crippen LogP contribution in [0.15, 0.2) is 24.3 Å². The summed E-state index contributed by atoms with van der Waals surface area (Å²) in [7, 11) is 0. The van der Waals surface area contributed by atoms with Gasteiger partial charge in [0.25, 0.3) is 0 Å². The third-order valence-corrected chi connectivity index (χ3v) is 4.81. The highest BCUT2D eigenvalue weighted by Gasteiger charge is 2.28. The van der Waals surface area contributed by atoms with Gasteiger partial charge in [-0.3, -0.25) is 4.79 Å². The van der Waals surface area contributed by atoms with E-state index in [-0.39, 0.29) is 11.9 Å². The van der Waals surface area contributed by atoms with Crippen LogP contribution in [-0.4, -0.2) is 12.6 Å². The zero-order valence-electron chi connectivity index (χ0n) is 10.4. The minimum atomic E-state index is -0.0272. The Balaban J connectivity index is 1.91. The molecule has 1 aromatic carbocycles. The normalized spacial score (nSPS) is 18.6. The second-order valence-corrected chi connectivity index (χ2v) is 5.83. The number of hydrogen-bond donors (Lipinski definition) is 0. The van der Waals surface area contributed by atoms with Crippen molar-refractivity contribution in [1.29, 1.82) is 0 Å². The van der Waals surface area contributed by atoms with E-state index in [0.29, 0.717) is 6.61 Å². The molecule has 1 aliphatic rings. The highest BCUT2D eigenvalue weighted by atomic mass is 32.1. The van der Waals surface area contributed by atoms with Crippen LogP contribution in [-0.2, 0) is 22.4 Å². The molecule has 1 aromatic heterocycles. The van der Waals surface area contributed by atoms with Crippen LogP contribution in [0.2, 0.25) is 0 Å². The maximum Gasteiger partial charge on any atom is 0.309 e. The van der Waals surface area contributed by atoms with Crippen molar-refractivity contribution in [3.8, 4) is 0 Å². The van der Waals surface area contributed by atoms with Gasteiger partial charge in [0.15, 0.2) is 0 Å². The van der Waals surface area contributed by atoms with Gasteiger partial charge < -0.3 is 4.74 Å². The third kappa shape index (κ3) is 1.93. The number of esters is 1. The number of aryl methyl sites for hydroxylation is 1. The molecule has 94 valence electrons. The lowest BCUT2D eigenvalue weighted by molar-refractivity contribution is -0.148. The van der Waals surface area contributed by atoms with Gasteiger partial charge in [0.2, 0.25) is 0 Å². The Morgan fingerprint density at radius 3 is 3.11 bits per heavy atom. The minimum absolute atomic E-state index is 0.0272. The van der Waals surface area contributed by atoms with Gasteiger partial charge in [-0.2, -0.15) is 0 Å². The fraction of sp³-hybridized carbons (Fsp3) is 0.400. The van der Waals surface area contributed by atoms with Crippen molar-refractivity contribution in [1.82, 2.24) is 0 Å². The molecule has 0 saturated carbocycles. The van der Waals surface area contributed by atoms with Crippen molar-refractivity contribution in [2.24, 2.45) is 5.92 Å². The molecule has 0 aliphatic heterocycles. The number of thiophene rings is 1. The quantitative estimate of drug-likeness (QED) is 0.772. The molecule has 3 heteroatoms. The van der Waals surface area contributed by atoms with E-state index in [1.54, 1.807) is 0 Å². The molecular weight excluding hydrogens is 244 g/mol. The van der Waals surface area contributed by atoms with Crippen molar-refractivity contribution in [3.05, 3.63) is 34.7 Å². The molecule has 0 saturated heterocycles. The summed E-state index contributed by atoms with van der Waals surface area (Å²) in [4.78, 5) is 13.2. The SMILES string of the molecule is CCOC(=O)[C@H]1CCc2c(sc3ccccc23)C1. The molecule has 1 atom stereocenters. The molecule has 0 bridgehead atoms. The van der Waals surface area contributed by atoms with Gasteiger partial charge in [0.05, 0.1) is 12.5 Å². The van der Waals surface area contributed by atoms with Crippen LogP contribution in [0.3, 0.4) is 0 Å². The van der Waals surface area contributed by atoms with Crippen molar-refractivity contribution in [2.75, 3.05) is 6.61 Å². The van der Waals surface area contributed by atoms with E-state index in [0.717, 1.165) is 19.3 Å². The summed E-state index contributed by atoms with van der Waals surface area (Å²) in [5.41, 5.74) is 1.45. The standard InChI is InChI=1S/C15H16O2S/c1-2-17-15(16)10-7-8-12-11-5-3-4-6-13(11)18-14(12)9-10/h3-6,10H,2,7-9H2,1H3/t10-/m0/s1. The lowest BCUT2D eigenvalue weighted by Gasteiger charge is -2.20. The van der Waals surface area contributed by atoms with Crippen LogP contribution >= 0.6 is 11.3 Å². The molecule has 0 amide bonds. The topological polar surface area (TPSA) is 26.3 Å². The van der Waals surface area contributed by atoms with E-state index in [4.69, 9.17) is 4.74 Å². The summed E-state index contributed by atoms with van der Waals surface area (Å²) in [6.07, 6.45) is 2.78. The predicted octanol–water partition coefficient (Wildman–Crippen LogP) is 3.57. The molecule has 0 radical (unpaired) electrons. The van der Waals surface area contributed by atoms with Crippen molar-refractivity contribution in [2.45, 2.75) is 26.2 Å². The fourth-order valence-corrected chi connectivity index (χ4v) is 4.03. The van der Waals surface area contributed by atoms with Crippen molar-refractivity contribution in [3.63, 3.8) is 0 Å². The number of rotatable bonds is 2. The average Bonchev–Trinajstić information content (AvgIpc) is 2.76. The Morgan fingerprint density at radius 1 is 1.44 bits per heavy atom. The predicted molar refractivity (Wildman–Crippen MR) is 74.0 cm³/mol. The number of fused-ring (bicyclic) bond motifs is 3. The third-order valence-electron chi connectivity index (χ3n) is 3.58. The van der Waals surface area contributed by atoms with Crippen LogP contribution in [0.25, 0.3) is 10.1 Å². The second-order valence-electron chi connectivity index (χ2n) is 4.69. The van der Waals surface area contributed by atoms with Crippen molar-refractivity contribution < 1.29 is 9.53 Å². The first kappa shape index (κ1) is 11.7. The van der Waals surface area contributed by atoms with E-state index in [1.165, 1.54) is 20.5 Å². The average molecular weight is 260 g/mol. The van der Waals surface area contributed by atoms with Crippen LogP contribution in [0.1, 0.15) is 23.8 Å². The summed E-state index contributed by atoms with van der Waals surface area (Å²) < 4.78 is 6.48. The Bertz CT molecular complexity index is 585. The summed E-state index contributed by atoms with van der Waals surface area (Å²) in [5, 5.41) is 1.37. The largest absolute Gasteiger partial charge is 0.466 e. The molecule has 1 aliphatic carbocycles. The molecule has 0 fully saturated rings.